The average molecular weight is 305 g/mol. The van der Waals surface area contributed by atoms with Crippen LogP contribution in [0.4, 0.5) is 0 Å². The van der Waals surface area contributed by atoms with Gasteiger partial charge in [0.25, 0.3) is 0 Å². The molecule has 0 saturated carbocycles. The highest BCUT2D eigenvalue weighted by atomic mass is 79.9. The summed E-state index contributed by atoms with van der Waals surface area (Å²) in [4.78, 5) is 12.1. The molecule has 1 aromatic heterocycles. The second kappa shape index (κ2) is 4.61. The maximum Gasteiger partial charge on any atom is 0.244 e. The van der Waals surface area contributed by atoms with E-state index in [4.69, 9.17) is 0 Å². The van der Waals surface area contributed by atoms with E-state index >= 15 is 0 Å². The summed E-state index contributed by atoms with van der Waals surface area (Å²) in [6, 6.07) is 9.74. The van der Waals surface area contributed by atoms with E-state index in [0.717, 1.165) is 13.6 Å². The van der Waals surface area contributed by atoms with Crippen molar-refractivity contribution in [1.82, 2.24) is 0 Å². The number of benzene rings is 1. The molecule has 2 rings (SSSR count). The van der Waals surface area contributed by atoms with E-state index in [9.17, 15) is 4.79 Å². The predicted molar refractivity (Wildman–Crippen MR) is 66.7 cm³/mol. The topological polar surface area (TPSA) is 17.1 Å². The van der Waals surface area contributed by atoms with Crippen LogP contribution in [0.25, 0.3) is 0 Å². The van der Waals surface area contributed by atoms with Crippen LogP contribution in [-0.4, -0.2) is 0 Å². The van der Waals surface area contributed by atoms with E-state index in [0.29, 0.717) is 0 Å². The molecule has 0 saturated heterocycles. The lowest BCUT2D eigenvalue weighted by Crippen LogP contribution is -1.80. The lowest BCUT2D eigenvalue weighted by Gasteiger charge is -1.96. The van der Waals surface area contributed by atoms with Gasteiger partial charge in [0.1, 0.15) is 0 Å². The number of rotatable bonds is 2. The maximum absolute atomic E-state index is 10.9. The van der Waals surface area contributed by atoms with E-state index in [-0.39, 0.29) is 4.74 Å². The van der Waals surface area contributed by atoms with Crippen molar-refractivity contribution < 1.29 is 0 Å². The van der Waals surface area contributed by atoms with Gasteiger partial charge in [0.2, 0.25) is 4.74 Å². The summed E-state index contributed by atoms with van der Waals surface area (Å²) in [5.74, 6) is 0. The summed E-state index contributed by atoms with van der Waals surface area (Å²) in [7, 11) is 2.81. The van der Waals surface area contributed by atoms with Crippen LogP contribution in [0.15, 0.2) is 48.7 Å². The Bertz CT molecular complexity index is 471. The molecule has 0 bridgehead atoms. The Morgan fingerprint density at radius 1 is 1.14 bits per heavy atom. The number of hydrogen-bond donors (Lipinski definition) is 0. The molecule has 0 amide bonds. The Balaban J connectivity index is 2.19. The fraction of sp³-hybridized carbons (Fsp3) is 0. The van der Waals surface area contributed by atoms with Crippen LogP contribution in [0.5, 0.6) is 0 Å². The van der Waals surface area contributed by atoms with E-state index in [1.54, 1.807) is 17.8 Å². The molecule has 1 nitrogen and oxygen atoms in total. The number of halogens is 1. The highest BCUT2D eigenvalue weighted by molar-refractivity contribution is 9.10. The highest BCUT2D eigenvalue weighted by Crippen LogP contribution is 2.31. The molecule has 5 heteroatoms. The van der Waals surface area contributed by atoms with Crippen molar-refractivity contribution >= 4 is 48.4 Å². The predicted octanol–water partition coefficient (Wildman–Crippen LogP) is 4.08. The Morgan fingerprint density at radius 2 is 1.86 bits per heavy atom. The molecule has 0 atom stereocenters. The summed E-state index contributed by atoms with van der Waals surface area (Å²) in [6.45, 7) is 0. The Labute approximate surface area is 101 Å². The van der Waals surface area contributed by atoms with Crippen LogP contribution in [0, 0.1) is 0 Å². The average Bonchev–Trinajstić information content (AvgIpc) is 2.56. The molecule has 14 heavy (non-hydrogen) atoms. The van der Waals surface area contributed by atoms with Gasteiger partial charge in [-0.1, -0.05) is 38.0 Å². The molecular weight excluding hydrogens is 300 g/mol. The molecule has 0 unspecified atom stereocenters. The van der Waals surface area contributed by atoms with Crippen LogP contribution in [0.1, 0.15) is 0 Å². The quantitative estimate of drug-likeness (QED) is 0.778. The lowest BCUT2D eigenvalue weighted by atomic mass is 10.4. The molecule has 0 aliphatic heterocycles. The maximum atomic E-state index is 10.9. The molecule has 0 aliphatic carbocycles. The van der Waals surface area contributed by atoms with Crippen LogP contribution < -0.4 is 4.74 Å². The second-order valence-electron chi connectivity index (χ2n) is 2.51. The zero-order valence-electron chi connectivity index (χ0n) is 6.90. The van der Waals surface area contributed by atoms with Gasteiger partial charge in [0.15, 0.2) is 0 Å². The molecule has 0 N–H and O–H groups in total. The molecule has 0 aliphatic rings. The molecule has 1 aromatic carbocycles. The fourth-order valence-electron chi connectivity index (χ4n) is 0.892. The largest absolute Gasteiger partial charge is 0.277 e. The minimum atomic E-state index is 0.134. The first-order valence-corrected chi connectivity index (χ1v) is 7.53. The van der Waals surface area contributed by atoms with E-state index in [2.05, 4.69) is 15.9 Å². The molecule has 2 aromatic rings. The van der Waals surface area contributed by atoms with Gasteiger partial charge >= 0.3 is 0 Å². The Morgan fingerprint density at radius 3 is 2.43 bits per heavy atom. The zero-order chi connectivity index (χ0) is 9.97. The zero-order valence-corrected chi connectivity index (χ0v) is 10.9. The minimum absolute atomic E-state index is 0.134. The van der Waals surface area contributed by atoms with Gasteiger partial charge in [-0.05, 0) is 34.6 Å². The lowest BCUT2D eigenvalue weighted by molar-refractivity contribution is 1.43. The third-order valence-electron chi connectivity index (χ3n) is 1.47. The molecule has 0 radical (unpaired) electrons. The number of hydrogen-bond acceptors (Lipinski definition) is 4. The molecule has 0 fully saturated rings. The van der Waals surface area contributed by atoms with Crippen molar-refractivity contribution in [1.29, 1.82) is 0 Å². The Hall–Kier alpha value is -0.100. The van der Waals surface area contributed by atoms with Crippen molar-refractivity contribution in [2.75, 3.05) is 0 Å². The van der Waals surface area contributed by atoms with Gasteiger partial charge < -0.3 is 0 Å². The summed E-state index contributed by atoms with van der Waals surface area (Å²) in [6.07, 6.45) is 0. The minimum Gasteiger partial charge on any atom is -0.277 e. The first-order valence-electron chi connectivity index (χ1n) is 3.77. The van der Waals surface area contributed by atoms with Gasteiger partial charge in [-0.2, -0.15) is 0 Å². The van der Waals surface area contributed by atoms with E-state index < -0.39 is 0 Å². The highest BCUT2D eigenvalue weighted by Gasteiger charge is 2.00. The van der Waals surface area contributed by atoms with Gasteiger partial charge in [0, 0.05) is 15.4 Å². The van der Waals surface area contributed by atoms with Gasteiger partial charge in [0.05, 0.1) is 4.21 Å². The monoisotopic (exact) mass is 304 g/mol. The van der Waals surface area contributed by atoms with Gasteiger partial charge in [-0.15, -0.1) is 0 Å². The van der Waals surface area contributed by atoms with E-state index in [1.807, 2.05) is 24.3 Å². The Kier molecular flexibility index (Phi) is 3.43. The molecule has 72 valence electrons. The molecule has 0 spiro atoms. The third-order valence-corrected chi connectivity index (χ3v) is 5.57. The van der Waals surface area contributed by atoms with Crippen LogP contribution in [0.3, 0.4) is 0 Å². The normalized spacial score (nSPS) is 10.4. The molecule has 1 heterocycles. The summed E-state index contributed by atoms with van der Waals surface area (Å²) < 4.78 is 2.26. The van der Waals surface area contributed by atoms with Crippen molar-refractivity contribution in [3.63, 3.8) is 0 Å². The van der Waals surface area contributed by atoms with Gasteiger partial charge in [-0.3, -0.25) is 4.79 Å². The first-order chi connectivity index (χ1) is 6.74. The van der Waals surface area contributed by atoms with Gasteiger partial charge in [-0.25, -0.2) is 0 Å². The summed E-state index contributed by atoms with van der Waals surface area (Å²) in [5, 5.41) is 0. The van der Waals surface area contributed by atoms with Crippen molar-refractivity contribution in [3.8, 4) is 0 Å². The first kappa shape index (κ1) is 10.4. The van der Waals surface area contributed by atoms with Crippen molar-refractivity contribution in [3.05, 3.63) is 44.3 Å². The second-order valence-corrected chi connectivity index (χ2v) is 6.97. The SMILES string of the molecule is O=c1cc(Sc2ccc(Br)cc2)ss1. The van der Waals surface area contributed by atoms with Crippen LogP contribution in [0.2, 0.25) is 0 Å². The summed E-state index contributed by atoms with van der Waals surface area (Å²) >= 11 is 5.01. The van der Waals surface area contributed by atoms with Crippen LogP contribution >= 0.6 is 48.4 Å². The summed E-state index contributed by atoms with van der Waals surface area (Å²) in [5.41, 5.74) is 0. The van der Waals surface area contributed by atoms with Crippen molar-refractivity contribution in [2.45, 2.75) is 9.10 Å². The van der Waals surface area contributed by atoms with Crippen molar-refractivity contribution in [2.24, 2.45) is 0 Å². The fourth-order valence-corrected chi connectivity index (χ4v) is 4.28. The standard InChI is InChI=1S/C9H5BrOS3/c10-6-1-3-7(4-2-6)12-9-5-8(11)13-14-9/h1-5H. The smallest absolute Gasteiger partial charge is 0.244 e. The van der Waals surface area contributed by atoms with E-state index in [1.165, 1.54) is 20.7 Å². The van der Waals surface area contributed by atoms with Crippen LogP contribution in [-0.2, 0) is 0 Å². The molecular formula is C9H5BrOS3. The third kappa shape index (κ3) is 2.70.